The summed E-state index contributed by atoms with van der Waals surface area (Å²) in [5, 5.41) is 0. The Bertz CT molecular complexity index is 411. The smallest absolute Gasteiger partial charge is 0.227 e. The summed E-state index contributed by atoms with van der Waals surface area (Å²) in [6.07, 6.45) is 5.71. The summed E-state index contributed by atoms with van der Waals surface area (Å²) in [5.41, 5.74) is 5.70. The molecule has 118 valence electrons. The van der Waals surface area contributed by atoms with Gasteiger partial charge in [0.05, 0.1) is 12.2 Å². The molecule has 0 spiro atoms. The van der Waals surface area contributed by atoms with Gasteiger partial charge in [0.15, 0.2) is 0 Å². The summed E-state index contributed by atoms with van der Waals surface area (Å²) < 4.78 is 24.9. The first-order valence-corrected chi connectivity index (χ1v) is 9.23. The fraction of sp³-hybridized carbons (Fsp3) is 0.923. The number of carbonyl (C=O) groups excluding carboxylic acids is 1. The molecule has 1 fully saturated rings. The predicted octanol–water partition coefficient (Wildman–Crippen LogP) is 0.292. The van der Waals surface area contributed by atoms with Gasteiger partial charge in [-0.25, -0.2) is 13.1 Å². The van der Waals surface area contributed by atoms with E-state index in [0.29, 0.717) is 19.6 Å². The number of likely N-dealkylation sites (tertiary alicyclic amines) is 1. The van der Waals surface area contributed by atoms with Gasteiger partial charge >= 0.3 is 0 Å². The molecular formula is C13H27N3O3S. The lowest BCUT2D eigenvalue weighted by Crippen LogP contribution is -2.52. The molecule has 2 unspecified atom stereocenters. The zero-order valence-corrected chi connectivity index (χ0v) is 13.3. The van der Waals surface area contributed by atoms with Gasteiger partial charge in [-0.15, -0.1) is 0 Å². The third kappa shape index (κ3) is 5.38. The van der Waals surface area contributed by atoms with Gasteiger partial charge < -0.3 is 10.6 Å². The van der Waals surface area contributed by atoms with Crippen molar-refractivity contribution >= 4 is 15.9 Å². The molecule has 20 heavy (non-hydrogen) atoms. The molecule has 1 amide bonds. The number of hydrogen-bond acceptors (Lipinski definition) is 4. The van der Waals surface area contributed by atoms with Crippen LogP contribution in [0.3, 0.4) is 0 Å². The largest absolute Gasteiger partial charge is 0.338 e. The van der Waals surface area contributed by atoms with Crippen molar-refractivity contribution < 1.29 is 13.2 Å². The second-order valence-electron chi connectivity index (χ2n) is 5.52. The van der Waals surface area contributed by atoms with Crippen LogP contribution in [0.15, 0.2) is 0 Å². The minimum atomic E-state index is -3.22. The molecule has 1 aliphatic heterocycles. The molecule has 0 aliphatic carbocycles. The highest BCUT2D eigenvalue weighted by Gasteiger charge is 2.30. The van der Waals surface area contributed by atoms with E-state index in [1.165, 1.54) is 0 Å². The zero-order valence-electron chi connectivity index (χ0n) is 12.5. The van der Waals surface area contributed by atoms with E-state index in [2.05, 4.69) is 4.72 Å². The fourth-order valence-electron chi connectivity index (χ4n) is 2.68. The quantitative estimate of drug-likeness (QED) is 0.707. The van der Waals surface area contributed by atoms with Crippen LogP contribution in [0.25, 0.3) is 0 Å². The monoisotopic (exact) mass is 305 g/mol. The molecule has 3 N–H and O–H groups in total. The fourth-order valence-corrected chi connectivity index (χ4v) is 3.17. The third-order valence-electron chi connectivity index (χ3n) is 3.76. The van der Waals surface area contributed by atoms with E-state index < -0.39 is 10.0 Å². The standard InChI is InChI=1S/C13H27N3O3S/c1-3-6-11(9-14)13(17)16-8-5-4-7-12(16)10-15-20(2,18)19/h11-12,15H,3-10,14H2,1-2H3. The van der Waals surface area contributed by atoms with E-state index in [1.807, 2.05) is 11.8 Å². The Morgan fingerprint density at radius 1 is 1.45 bits per heavy atom. The highest BCUT2D eigenvalue weighted by Crippen LogP contribution is 2.20. The molecule has 2 atom stereocenters. The molecule has 6 nitrogen and oxygen atoms in total. The Morgan fingerprint density at radius 2 is 2.15 bits per heavy atom. The number of nitrogens with one attached hydrogen (secondary N) is 1. The first-order chi connectivity index (χ1) is 9.39. The van der Waals surface area contributed by atoms with E-state index in [0.717, 1.165) is 38.4 Å². The van der Waals surface area contributed by atoms with Crippen molar-refractivity contribution in [1.82, 2.24) is 9.62 Å². The van der Waals surface area contributed by atoms with E-state index in [4.69, 9.17) is 5.73 Å². The van der Waals surface area contributed by atoms with Crippen LogP contribution < -0.4 is 10.5 Å². The van der Waals surface area contributed by atoms with Crippen LogP contribution in [-0.4, -0.2) is 51.2 Å². The normalized spacial score (nSPS) is 21.8. The number of nitrogens with two attached hydrogens (primary N) is 1. The minimum absolute atomic E-state index is 0.0446. The maximum absolute atomic E-state index is 12.5. The van der Waals surface area contributed by atoms with Crippen LogP contribution in [0.4, 0.5) is 0 Å². The number of rotatable bonds is 7. The Labute approximate surface area is 122 Å². The summed E-state index contributed by atoms with van der Waals surface area (Å²) in [7, 11) is -3.22. The highest BCUT2D eigenvalue weighted by molar-refractivity contribution is 7.88. The number of nitrogens with zero attached hydrogens (tertiary/aromatic N) is 1. The lowest BCUT2D eigenvalue weighted by Gasteiger charge is -2.37. The van der Waals surface area contributed by atoms with Gasteiger partial charge in [-0.3, -0.25) is 4.79 Å². The highest BCUT2D eigenvalue weighted by atomic mass is 32.2. The van der Waals surface area contributed by atoms with E-state index in [9.17, 15) is 13.2 Å². The number of sulfonamides is 1. The van der Waals surface area contributed by atoms with E-state index >= 15 is 0 Å². The van der Waals surface area contributed by atoms with Crippen LogP contribution in [0.2, 0.25) is 0 Å². The Morgan fingerprint density at radius 3 is 2.70 bits per heavy atom. The second kappa shape index (κ2) is 7.95. The van der Waals surface area contributed by atoms with Gasteiger partial charge in [0, 0.05) is 25.7 Å². The lowest BCUT2D eigenvalue weighted by atomic mass is 9.96. The molecular weight excluding hydrogens is 278 g/mol. The summed E-state index contributed by atoms with van der Waals surface area (Å²) in [6, 6.07) is -0.0446. The lowest BCUT2D eigenvalue weighted by molar-refractivity contribution is -0.139. The molecule has 1 heterocycles. The van der Waals surface area contributed by atoms with Crippen molar-refractivity contribution in [3.05, 3.63) is 0 Å². The number of hydrogen-bond donors (Lipinski definition) is 2. The predicted molar refractivity (Wildman–Crippen MR) is 79.7 cm³/mol. The van der Waals surface area contributed by atoms with Crippen molar-refractivity contribution in [3.63, 3.8) is 0 Å². The number of piperidine rings is 1. The molecule has 0 aromatic carbocycles. The van der Waals surface area contributed by atoms with Crippen molar-refractivity contribution in [2.75, 3.05) is 25.9 Å². The number of carbonyl (C=O) groups is 1. The van der Waals surface area contributed by atoms with E-state index in [1.54, 1.807) is 0 Å². The number of amides is 1. The molecule has 1 aliphatic rings. The van der Waals surface area contributed by atoms with Gasteiger partial charge in [0.2, 0.25) is 15.9 Å². The Hall–Kier alpha value is -0.660. The molecule has 1 rings (SSSR count). The van der Waals surface area contributed by atoms with Crippen LogP contribution in [0.1, 0.15) is 39.0 Å². The molecule has 7 heteroatoms. The maximum Gasteiger partial charge on any atom is 0.227 e. The van der Waals surface area contributed by atoms with E-state index in [-0.39, 0.29) is 17.9 Å². The molecule has 0 aromatic rings. The summed E-state index contributed by atoms with van der Waals surface area (Å²) in [4.78, 5) is 14.4. The first-order valence-electron chi connectivity index (χ1n) is 7.34. The van der Waals surface area contributed by atoms with Gasteiger partial charge in [-0.05, 0) is 25.7 Å². The van der Waals surface area contributed by atoms with Gasteiger partial charge in [-0.2, -0.15) is 0 Å². The molecule has 1 saturated heterocycles. The third-order valence-corrected chi connectivity index (χ3v) is 4.45. The van der Waals surface area contributed by atoms with Crippen LogP contribution in [0.5, 0.6) is 0 Å². The average Bonchev–Trinajstić information content (AvgIpc) is 2.41. The Balaban J connectivity index is 2.69. The average molecular weight is 305 g/mol. The molecule has 0 bridgehead atoms. The van der Waals surface area contributed by atoms with Crippen molar-refractivity contribution in [2.45, 2.75) is 45.1 Å². The SMILES string of the molecule is CCCC(CN)C(=O)N1CCCCC1CNS(C)(=O)=O. The second-order valence-corrected chi connectivity index (χ2v) is 7.36. The summed E-state index contributed by atoms with van der Waals surface area (Å²) >= 11 is 0. The Kier molecular flexibility index (Phi) is 6.91. The van der Waals surface area contributed by atoms with Crippen LogP contribution in [0, 0.1) is 5.92 Å². The molecule has 0 aromatic heterocycles. The van der Waals surface area contributed by atoms with Gasteiger partial charge in [0.25, 0.3) is 0 Å². The molecule has 0 saturated carbocycles. The maximum atomic E-state index is 12.5. The van der Waals surface area contributed by atoms with Crippen molar-refractivity contribution in [3.8, 4) is 0 Å². The van der Waals surface area contributed by atoms with Crippen molar-refractivity contribution in [2.24, 2.45) is 11.7 Å². The zero-order chi connectivity index (χ0) is 15.2. The summed E-state index contributed by atoms with van der Waals surface area (Å²) in [5.74, 6) is -0.0619. The van der Waals surface area contributed by atoms with Gasteiger partial charge in [-0.1, -0.05) is 13.3 Å². The first kappa shape index (κ1) is 17.4. The van der Waals surface area contributed by atoms with Crippen LogP contribution in [-0.2, 0) is 14.8 Å². The minimum Gasteiger partial charge on any atom is -0.338 e. The topological polar surface area (TPSA) is 92.5 Å². The summed E-state index contributed by atoms with van der Waals surface area (Å²) in [6.45, 7) is 3.40. The van der Waals surface area contributed by atoms with Gasteiger partial charge in [0.1, 0.15) is 0 Å². The van der Waals surface area contributed by atoms with Crippen molar-refractivity contribution in [1.29, 1.82) is 0 Å². The van der Waals surface area contributed by atoms with Crippen LogP contribution >= 0.6 is 0 Å². The molecule has 0 radical (unpaired) electrons.